The number of carbonyl (C=O) groups is 2. The molecule has 7 nitrogen and oxygen atoms in total. The monoisotopic (exact) mass is 496 g/mol. The SMILES string of the molecule is CCOC(=O)N(c1ccccc1C)c1c(C)noc1-c1ccc(-c2ccc(C3(C(=O)O)CC3)cc2)cc1. The smallest absolute Gasteiger partial charge is 0.419 e. The van der Waals surface area contributed by atoms with Gasteiger partial charge in [0.05, 0.1) is 17.7 Å². The first-order chi connectivity index (χ1) is 17.9. The lowest BCUT2D eigenvalue weighted by molar-refractivity contribution is -0.140. The van der Waals surface area contributed by atoms with Crippen LogP contribution < -0.4 is 4.90 Å². The number of hydrogen-bond donors (Lipinski definition) is 1. The van der Waals surface area contributed by atoms with Crippen molar-refractivity contribution in [1.29, 1.82) is 0 Å². The molecule has 1 aromatic heterocycles. The quantitative estimate of drug-likeness (QED) is 0.295. The first-order valence-electron chi connectivity index (χ1n) is 12.3. The number of aliphatic carboxylic acids is 1. The average molecular weight is 497 g/mol. The second-order valence-electron chi connectivity index (χ2n) is 9.31. The lowest BCUT2D eigenvalue weighted by Crippen LogP contribution is -2.28. The Morgan fingerprint density at radius 1 is 0.946 bits per heavy atom. The number of benzene rings is 3. The van der Waals surface area contributed by atoms with E-state index in [4.69, 9.17) is 9.26 Å². The first kappa shape index (κ1) is 24.3. The van der Waals surface area contributed by atoms with Gasteiger partial charge in [0.15, 0.2) is 5.76 Å². The highest BCUT2D eigenvalue weighted by Crippen LogP contribution is 2.48. The van der Waals surface area contributed by atoms with Crippen molar-refractivity contribution in [3.05, 3.63) is 89.6 Å². The van der Waals surface area contributed by atoms with Gasteiger partial charge in [-0.25, -0.2) is 9.69 Å². The number of aryl methyl sites for hydroxylation is 2. The second kappa shape index (κ2) is 9.58. The zero-order chi connectivity index (χ0) is 26.2. The average Bonchev–Trinajstić information content (AvgIpc) is 3.64. The first-order valence-corrected chi connectivity index (χ1v) is 12.3. The van der Waals surface area contributed by atoms with Crippen LogP contribution in [0.1, 0.15) is 36.6 Å². The van der Waals surface area contributed by atoms with Crippen LogP contribution in [0.25, 0.3) is 22.5 Å². The molecule has 3 aromatic carbocycles. The van der Waals surface area contributed by atoms with E-state index in [1.807, 2.05) is 79.7 Å². The van der Waals surface area contributed by atoms with Crippen LogP contribution in [0.15, 0.2) is 77.3 Å². The van der Waals surface area contributed by atoms with Crippen molar-refractivity contribution in [3.8, 4) is 22.5 Å². The third-order valence-electron chi connectivity index (χ3n) is 6.94. The number of anilines is 2. The molecule has 4 aromatic rings. The number of rotatable bonds is 7. The largest absolute Gasteiger partial charge is 0.481 e. The summed E-state index contributed by atoms with van der Waals surface area (Å²) in [6, 6.07) is 23.1. The van der Waals surface area contributed by atoms with Crippen molar-refractivity contribution < 1.29 is 24.0 Å². The molecular formula is C30H28N2O5. The minimum absolute atomic E-state index is 0.238. The predicted molar refractivity (Wildman–Crippen MR) is 141 cm³/mol. The molecule has 0 atom stereocenters. The summed E-state index contributed by atoms with van der Waals surface area (Å²) < 4.78 is 11.1. The van der Waals surface area contributed by atoms with Gasteiger partial charge < -0.3 is 14.4 Å². The van der Waals surface area contributed by atoms with E-state index in [9.17, 15) is 14.7 Å². The van der Waals surface area contributed by atoms with E-state index in [0.29, 0.717) is 35.7 Å². The summed E-state index contributed by atoms with van der Waals surface area (Å²) in [6.45, 7) is 5.74. The van der Waals surface area contributed by atoms with Crippen LogP contribution >= 0.6 is 0 Å². The fourth-order valence-electron chi connectivity index (χ4n) is 4.68. The minimum atomic E-state index is -0.759. The van der Waals surface area contributed by atoms with Crippen LogP contribution in [0.5, 0.6) is 0 Å². The molecule has 1 N–H and O–H groups in total. The van der Waals surface area contributed by atoms with Gasteiger partial charge in [-0.2, -0.15) is 0 Å². The standard InChI is InChI=1S/C30H28N2O5/c1-4-36-29(35)32(25-8-6-5-7-19(25)2)26-20(3)31-37-27(26)23-11-9-21(10-12-23)22-13-15-24(16-14-22)30(17-18-30)28(33)34/h5-16H,4,17-18H2,1-3H3,(H,33,34). The molecular weight excluding hydrogens is 468 g/mol. The van der Waals surface area contributed by atoms with Gasteiger partial charge in [-0.3, -0.25) is 4.79 Å². The molecule has 1 aliphatic carbocycles. The van der Waals surface area contributed by atoms with Gasteiger partial charge in [-0.05, 0) is 61.9 Å². The normalized spacial score (nSPS) is 13.7. The Kier molecular flexibility index (Phi) is 6.29. The minimum Gasteiger partial charge on any atom is -0.481 e. The number of amides is 1. The number of carboxylic acids is 1. The van der Waals surface area contributed by atoms with Crippen LogP contribution in [0.3, 0.4) is 0 Å². The molecule has 5 rings (SSSR count). The topological polar surface area (TPSA) is 92.9 Å². The lowest BCUT2D eigenvalue weighted by Gasteiger charge is -2.23. The third-order valence-corrected chi connectivity index (χ3v) is 6.94. The van der Waals surface area contributed by atoms with Crippen molar-refractivity contribution in [3.63, 3.8) is 0 Å². The van der Waals surface area contributed by atoms with Crippen LogP contribution in [-0.4, -0.2) is 28.9 Å². The number of aromatic nitrogens is 1. The van der Waals surface area contributed by atoms with Crippen molar-refractivity contribution >= 4 is 23.4 Å². The zero-order valence-electron chi connectivity index (χ0n) is 21.0. The highest BCUT2D eigenvalue weighted by Gasteiger charge is 2.51. The fourth-order valence-corrected chi connectivity index (χ4v) is 4.68. The van der Waals surface area contributed by atoms with E-state index in [1.165, 1.54) is 4.90 Å². The molecule has 0 radical (unpaired) electrons. The van der Waals surface area contributed by atoms with Crippen molar-refractivity contribution in [1.82, 2.24) is 5.16 Å². The molecule has 37 heavy (non-hydrogen) atoms. The molecule has 0 spiro atoms. The van der Waals surface area contributed by atoms with Crippen LogP contribution in [0.4, 0.5) is 16.2 Å². The molecule has 1 aliphatic rings. The number of ether oxygens (including phenoxy) is 1. The van der Waals surface area contributed by atoms with E-state index >= 15 is 0 Å². The number of para-hydroxylation sites is 1. The molecule has 1 amide bonds. The lowest BCUT2D eigenvalue weighted by atomic mass is 9.93. The van der Waals surface area contributed by atoms with Gasteiger partial charge in [-0.15, -0.1) is 0 Å². The van der Waals surface area contributed by atoms with Gasteiger partial charge in [0.25, 0.3) is 0 Å². The van der Waals surface area contributed by atoms with Crippen molar-refractivity contribution in [2.45, 2.75) is 39.0 Å². The van der Waals surface area contributed by atoms with Crippen LogP contribution in [0, 0.1) is 13.8 Å². The van der Waals surface area contributed by atoms with Gasteiger partial charge in [0.2, 0.25) is 0 Å². The second-order valence-corrected chi connectivity index (χ2v) is 9.31. The summed E-state index contributed by atoms with van der Waals surface area (Å²) in [6.07, 6.45) is 0.859. The van der Waals surface area contributed by atoms with Gasteiger partial charge in [-0.1, -0.05) is 71.9 Å². The Morgan fingerprint density at radius 3 is 2.11 bits per heavy atom. The van der Waals surface area contributed by atoms with E-state index in [1.54, 1.807) is 13.8 Å². The molecule has 7 heteroatoms. The number of carbonyl (C=O) groups excluding carboxylic acids is 1. The molecule has 0 aliphatic heterocycles. The Morgan fingerprint density at radius 2 is 1.54 bits per heavy atom. The molecule has 0 unspecified atom stereocenters. The molecule has 1 saturated carbocycles. The summed E-state index contributed by atoms with van der Waals surface area (Å²) in [5.74, 6) is -0.293. The Balaban J connectivity index is 1.49. The van der Waals surface area contributed by atoms with E-state index in [-0.39, 0.29) is 6.61 Å². The summed E-state index contributed by atoms with van der Waals surface area (Å²) >= 11 is 0. The fraction of sp³-hybridized carbons (Fsp3) is 0.233. The predicted octanol–water partition coefficient (Wildman–Crippen LogP) is 7.04. The number of hydrogen-bond acceptors (Lipinski definition) is 5. The van der Waals surface area contributed by atoms with E-state index in [0.717, 1.165) is 27.8 Å². The van der Waals surface area contributed by atoms with E-state index in [2.05, 4.69) is 5.16 Å². The van der Waals surface area contributed by atoms with Crippen molar-refractivity contribution in [2.24, 2.45) is 0 Å². The van der Waals surface area contributed by atoms with Crippen molar-refractivity contribution in [2.75, 3.05) is 11.5 Å². The third kappa shape index (κ3) is 4.37. The van der Waals surface area contributed by atoms with Gasteiger partial charge in [0, 0.05) is 5.56 Å². The van der Waals surface area contributed by atoms with Gasteiger partial charge in [0.1, 0.15) is 11.4 Å². The Hall–Kier alpha value is -4.39. The number of nitrogens with zero attached hydrogens (tertiary/aromatic N) is 2. The summed E-state index contributed by atoms with van der Waals surface area (Å²) in [5.41, 5.74) is 5.57. The highest BCUT2D eigenvalue weighted by atomic mass is 16.6. The maximum Gasteiger partial charge on any atom is 0.419 e. The molecule has 0 saturated heterocycles. The highest BCUT2D eigenvalue weighted by molar-refractivity contribution is 6.01. The molecule has 1 fully saturated rings. The summed E-state index contributed by atoms with van der Waals surface area (Å²) in [7, 11) is 0. The Bertz CT molecular complexity index is 1450. The summed E-state index contributed by atoms with van der Waals surface area (Å²) in [5, 5.41) is 13.7. The van der Waals surface area contributed by atoms with Gasteiger partial charge >= 0.3 is 12.1 Å². The molecule has 0 bridgehead atoms. The summed E-state index contributed by atoms with van der Waals surface area (Å²) in [4.78, 5) is 26.3. The Labute approximate surface area is 215 Å². The van der Waals surface area contributed by atoms with E-state index < -0.39 is 17.5 Å². The molecule has 188 valence electrons. The van der Waals surface area contributed by atoms with Crippen LogP contribution in [0.2, 0.25) is 0 Å². The zero-order valence-corrected chi connectivity index (χ0v) is 21.0. The molecule has 1 heterocycles. The maximum absolute atomic E-state index is 13.1. The van der Waals surface area contributed by atoms with Crippen LogP contribution in [-0.2, 0) is 14.9 Å². The maximum atomic E-state index is 13.1. The number of carboxylic acid groups (broad SMARTS) is 1.